The Morgan fingerprint density at radius 3 is 2.76 bits per heavy atom. The molecule has 37 heavy (non-hydrogen) atoms. The van der Waals surface area contributed by atoms with E-state index in [0.29, 0.717) is 25.0 Å². The van der Waals surface area contributed by atoms with E-state index in [-0.39, 0.29) is 6.04 Å². The molecule has 6 rings (SSSR count). The predicted octanol–water partition coefficient (Wildman–Crippen LogP) is 4.76. The molecule has 1 saturated carbocycles. The average Bonchev–Trinajstić information content (AvgIpc) is 3.45. The van der Waals surface area contributed by atoms with Crippen LogP contribution in [-0.2, 0) is 13.0 Å². The van der Waals surface area contributed by atoms with E-state index in [1.165, 1.54) is 53.3 Å². The van der Waals surface area contributed by atoms with Crippen molar-refractivity contribution in [1.29, 1.82) is 5.26 Å². The number of piperazine rings is 1. The van der Waals surface area contributed by atoms with Gasteiger partial charge < -0.3 is 19.9 Å². The number of ether oxygens (including phenoxy) is 1. The molecule has 0 amide bonds. The first-order chi connectivity index (χ1) is 18.2. The fourth-order valence-electron chi connectivity index (χ4n) is 6.32. The summed E-state index contributed by atoms with van der Waals surface area (Å²) >= 11 is 0. The largest absolute Gasteiger partial charge is 0.463 e. The number of rotatable bonds is 6. The van der Waals surface area contributed by atoms with E-state index in [1.54, 1.807) is 0 Å². The molecule has 3 heterocycles. The number of aromatic nitrogens is 2. The first-order valence-electron chi connectivity index (χ1n) is 13.8. The van der Waals surface area contributed by atoms with Crippen LogP contribution in [0.3, 0.4) is 0 Å². The molecule has 3 aromatic rings. The number of benzene rings is 2. The number of hydrogen-bond donors (Lipinski definition) is 1. The van der Waals surface area contributed by atoms with Crippen LogP contribution in [0.2, 0.25) is 0 Å². The van der Waals surface area contributed by atoms with Crippen LogP contribution in [0, 0.1) is 24.2 Å². The van der Waals surface area contributed by atoms with Crippen molar-refractivity contribution in [3.05, 3.63) is 53.2 Å². The van der Waals surface area contributed by atoms with Crippen molar-refractivity contribution in [1.82, 2.24) is 15.3 Å². The summed E-state index contributed by atoms with van der Waals surface area (Å²) in [6.45, 7) is 7.07. The molecule has 7 nitrogen and oxygen atoms in total. The van der Waals surface area contributed by atoms with Crippen LogP contribution >= 0.6 is 0 Å². The summed E-state index contributed by atoms with van der Waals surface area (Å²) in [5, 5.41) is 15.3. The Morgan fingerprint density at radius 1 is 1.08 bits per heavy atom. The maximum atomic E-state index is 9.26. The average molecular weight is 497 g/mol. The quantitative estimate of drug-likeness (QED) is 0.527. The SMILES string of the molecule is Cc1cccc2cccc(N3CCc4c(nc(OCC5CCCC5)nc4N4CCNC(CC#N)C4)C3)c12. The molecule has 1 aromatic heterocycles. The Kier molecular flexibility index (Phi) is 6.84. The van der Waals surface area contributed by atoms with Gasteiger partial charge in [0, 0.05) is 48.9 Å². The van der Waals surface area contributed by atoms with E-state index in [1.807, 2.05) is 0 Å². The van der Waals surface area contributed by atoms with Crippen LogP contribution < -0.4 is 19.9 Å². The molecule has 2 fully saturated rings. The van der Waals surface area contributed by atoms with Gasteiger partial charge in [-0.3, -0.25) is 0 Å². The summed E-state index contributed by atoms with van der Waals surface area (Å²) in [4.78, 5) is 14.8. The Bertz CT molecular complexity index is 1310. The third-order valence-electron chi connectivity index (χ3n) is 8.27. The van der Waals surface area contributed by atoms with Gasteiger partial charge >= 0.3 is 6.01 Å². The first-order valence-corrected chi connectivity index (χ1v) is 13.8. The number of anilines is 2. The summed E-state index contributed by atoms with van der Waals surface area (Å²) in [7, 11) is 0. The van der Waals surface area contributed by atoms with Gasteiger partial charge in [-0.2, -0.15) is 15.2 Å². The minimum atomic E-state index is 0.158. The van der Waals surface area contributed by atoms with Crippen molar-refractivity contribution in [2.75, 3.05) is 42.6 Å². The van der Waals surface area contributed by atoms with Crippen molar-refractivity contribution in [3.63, 3.8) is 0 Å². The van der Waals surface area contributed by atoms with Gasteiger partial charge in [0.2, 0.25) is 0 Å². The van der Waals surface area contributed by atoms with Crippen molar-refractivity contribution in [2.45, 2.75) is 58.0 Å². The van der Waals surface area contributed by atoms with Gasteiger partial charge in [-0.25, -0.2) is 0 Å². The van der Waals surface area contributed by atoms with Crippen molar-refractivity contribution >= 4 is 22.3 Å². The normalized spacial score (nSPS) is 20.2. The molecule has 1 saturated heterocycles. The fraction of sp³-hybridized carbons (Fsp3) is 0.500. The molecule has 0 spiro atoms. The Morgan fingerprint density at radius 2 is 1.92 bits per heavy atom. The second-order valence-corrected chi connectivity index (χ2v) is 10.8. The molecule has 0 radical (unpaired) electrons. The van der Waals surface area contributed by atoms with Crippen LogP contribution in [0.1, 0.15) is 48.9 Å². The first kappa shape index (κ1) is 24.0. The van der Waals surface area contributed by atoms with Crippen LogP contribution in [0.25, 0.3) is 10.8 Å². The fourth-order valence-corrected chi connectivity index (χ4v) is 6.32. The third kappa shape index (κ3) is 4.95. The monoisotopic (exact) mass is 496 g/mol. The summed E-state index contributed by atoms with van der Waals surface area (Å²) in [5.74, 6) is 1.61. The minimum Gasteiger partial charge on any atom is -0.463 e. The third-order valence-corrected chi connectivity index (χ3v) is 8.27. The summed E-state index contributed by atoms with van der Waals surface area (Å²) < 4.78 is 6.26. The van der Waals surface area contributed by atoms with Gasteiger partial charge in [0.25, 0.3) is 0 Å². The van der Waals surface area contributed by atoms with Crippen LogP contribution in [-0.4, -0.2) is 48.8 Å². The molecule has 1 aliphatic carbocycles. The smallest absolute Gasteiger partial charge is 0.318 e. The lowest BCUT2D eigenvalue weighted by Crippen LogP contribution is -2.51. The molecule has 192 valence electrons. The topological polar surface area (TPSA) is 77.3 Å². The summed E-state index contributed by atoms with van der Waals surface area (Å²) in [6, 6.07) is 16.1. The number of nitrogens with one attached hydrogen (secondary N) is 1. The Hall–Kier alpha value is -3.37. The van der Waals surface area contributed by atoms with Crippen molar-refractivity contribution in [2.24, 2.45) is 5.92 Å². The highest BCUT2D eigenvalue weighted by Gasteiger charge is 2.29. The maximum Gasteiger partial charge on any atom is 0.318 e. The van der Waals surface area contributed by atoms with Crippen molar-refractivity contribution in [3.8, 4) is 12.1 Å². The second-order valence-electron chi connectivity index (χ2n) is 10.8. The van der Waals surface area contributed by atoms with Gasteiger partial charge in [0.05, 0.1) is 31.3 Å². The van der Waals surface area contributed by atoms with Gasteiger partial charge in [0.1, 0.15) is 5.82 Å². The van der Waals surface area contributed by atoms with Gasteiger partial charge in [-0.05, 0) is 49.1 Å². The van der Waals surface area contributed by atoms with E-state index in [4.69, 9.17) is 14.7 Å². The van der Waals surface area contributed by atoms with Crippen LogP contribution in [0.15, 0.2) is 36.4 Å². The zero-order chi connectivity index (χ0) is 25.2. The Labute approximate surface area is 219 Å². The molecule has 2 aromatic carbocycles. The van der Waals surface area contributed by atoms with E-state index >= 15 is 0 Å². The predicted molar refractivity (Wildman–Crippen MR) is 147 cm³/mol. The summed E-state index contributed by atoms with van der Waals surface area (Å²) in [6.07, 6.45) is 6.46. The molecule has 1 N–H and O–H groups in total. The number of hydrogen-bond acceptors (Lipinski definition) is 7. The van der Waals surface area contributed by atoms with E-state index in [9.17, 15) is 5.26 Å². The highest BCUT2D eigenvalue weighted by molar-refractivity contribution is 5.97. The molecule has 3 aliphatic rings. The molecule has 1 atom stereocenters. The lowest BCUT2D eigenvalue weighted by molar-refractivity contribution is 0.233. The number of nitrogens with zero attached hydrogens (tertiary/aromatic N) is 5. The van der Waals surface area contributed by atoms with Crippen LogP contribution in [0.5, 0.6) is 6.01 Å². The molecule has 2 aliphatic heterocycles. The number of aryl methyl sites for hydroxylation is 1. The lowest BCUT2D eigenvalue weighted by atomic mass is 9.99. The van der Waals surface area contributed by atoms with Crippen LogP contribution in [0.4, 0.5) is 11.5 Å². The van der Waals surface area contributed by atoms with E-state index < -0.39 is 0 Å². The van der Waals surface area contributed by atoms with Crippen molar-refractivity contribution < 1.29 is 4.74 Å². The maximum absolute atomic E-state index is 9.26. The highest BCUT2D eigenvalue weighted by Crippen LogP contribution is 2.36. The molecular weight excluding hydrogens is 460 g/mol. The van der Waals surface area contributed by atoms with E-state index in [2.05, 4.69) is 64.5 Å². The zero-order valence-electron chi connectivity index (χ0n) is 21.7. The summed E-state index contributed by atoms with van der Waals surface area (Å²) in [5.41, 5.74) is 4.87. The van der Waals surface area contributed by atoms with Gasteiger partial charge in [-0.1, -0.05) is 43.2 Å². The highest BCUT2D eigenvalue weighted by atomic mass is 16.5. The number of nitriles is 1. The van der Waals surface area contributed by atoms with Gasteiger partial charge in [0.15, 0.2) is 0 Å². The minimum absolute atomic E-state index is 0.158. The molecule has 0 bridgehead atoms. The Balaban J connectivity index is 1.34. The second kappa shape index (κ2) is 10.5. The lowest BCUT2D eigenvalue weighted by Gasteiger charge is -2.37. The van der Waals surface area contributed by atoms with Gasteiger partial charge in [-0.15, -0.1) is 0 Å². The molecular formula is C30H36N6O. The number of fused-ring (bicyclic) bond motifs is 2. The van der Waals surface area contributed by atoms with E-state index in [0.717, 1.165) is 50.7 Å². The molecule has 1 unspecified atom stereocenters. The standard InChI is InChI=1S/C30H36N6O/c1-21-6-4-9-23-10-5-11-27(28(21)23)35-16-13-25-26(19-35)33-30(37-20-22-7-2-3-8-22)34-29(25)36-17-15-32-24(18-36)12-14-31/h4-6,9-11,22,24,32H,2-3,7-8,12-13,15-20H2,1H3. The zero-order valence-corrected chi connectivity index (χ0v) is 21.7. The molecule has 7 heteroatoms.